The topological polar surface area (TPSA) is 38.4 Å². The number of hydrogen-bond acceptors (Lipinski definition) is 3. The molecule has 2 rings (SSSR count). The first-order valence-electron chi connectivity index (χ1n) is 5.67. The van der Waals surface area contributed by atoms with E-state index in [1.54, 1.807) is 11.3 Å². The van der Waals surface area contributed by atoms with E-state index in [0.29, 0.717) is 0 Å². The summed E-state index contributed by atoms with van der Waals surface area (Å²) in [5.41, 5.74) is 10.9. The van der Waals surface area contributed by atoms with Crippen LogP contribution in [-0.2, 0) is 6.42 Å². The van der Waals surface area contributed by atoms with Crippen molar-refractivity contribution < 1.29 is 0 Å². The van der Waals surface area contributed by atoms with Crippen molar-refractivity contribution in [3.8, 4) is 0 Å². The van der Waals surface area contributed by atoms with E-state index in [-0.39, 0.29) is 0 Å². The van der Waals surface area contributed by atoms with Crippen LogP contribution in [0.3, 0.4) is 0 Å². The predicted octanol–water partition coefficient (Wildman–Crippen LogP) is 4.03. The standard InChI is InChI=1S/C14H16N2S/c1-3-11-4-6-12(7-5-11)10(2)16-14-9-17-8-13(14)15/h4-9H,3,15H2,1-2H3. The summed E-state index contributed by atoms with van der Waals surface area (Å²) in [7, 11) is 0. The van der Waals surface area contributed by atoms with Crippen LogP contribution < -0.4 is 5.73 Å². The largest absolute Gasteiger partial charge is 0.396 e. The molecule has 1 aromatic heterocycles. The lowest BCUT2D eigenvalue weighted by atomic mass is 10.1. The lowest BCUT2D eigenvalue weighted by Crippen LogP contribution is -1.94. The minimum atomic E-state index is 0.750. The van der Waals surface area contributed by atoms with Crippen molar-refractivity contribution in [2.45, 2.75) is 20.3 Å². The fourth-order valence-electron chi connectivity index (χ4n) is 1.62. The summed E-state index contributed by atoms with van der Waals surface area (Å²) in [4.78, 5) is 4.55. The summed E-state index contributed by atoms with van der Waals surface area (Å²) in [6.45, 7) is 4.17. The van der Waals surface area contributed by atoms with Crippen LogP contribution in [0.15, 0.2) is 40.0 Å². The predicted molar refractivity (Wildman–Crippen MR) is 76.4 cm³/mol. The molecule has 2 nitrogen and oxygen atoms in total. The molecule has 0 saturated carbocycles. The molecule has 0 aliphatic heterocycles. The number of aryl methyl sites for hydroxylation is 1. The number of hydrogen-bond donors (Lipinski definition) is 1. The molecular formula is C14H16N2S. The van der Waals surface area contributed by atoms with Gasteiger partial charge < -0.3 is 5.73 Å². The molecule has 2 N–H and O–H groups in total. The molecule has 0 spiro atoms. The average Bonchev–Trinajstić information content (AvgIpc) is 2.75. The molecule has 17 heavy (non-hydrogen) atoms. The van der Waals surface area contributed by atoms with Crippen LogP contribution in [-0.4, -0.2) is 5.71 Å². The Morgan fingerprint density at radius 3 is 2.47 bits per heavy atom. The summed E-state index contributed by atoms with van der Waals surface area (Å²) in [6, 6.07) is 8.51. The first-order chi connectivity index (χ1) is 8.20. The van der Waals surface area contributed by atoms with Gasteiger partial charge in [0.15, 0.2) is 0 Å². The van der Waals surface area contributed by atoms with Gasteiger partial charge in [-0.25, -0.2) is 0 Å². The quantitative estimate of drug-likeness (QED) is 0.813. The SMILES string of the molecule is CCc1ccc(C(C)=Nc2cscc2N)cc1. The van der Waals surface area contributed by atoms with Crippen LogP contribution in [0.1, 0.15) is 25.0 Å². The summed E-state index contributed by atoms with van der Waals surface area (Å²) in [5.74, 6) is 0. The van der Waals surface area contributed by atoms with Crippen molar-refractivity contribution >= 4 is 28.4 Å². The van der Waals surface area contributed by atoms with Crippen LogP contribution in [0.2, 0.25) is 0 Å². The number of nitrogen functional groups attached to an aromatic ring is 1. The van der Waals surface area contributed by atoms with Crippen molar-refractivity contribution in [2.75, 3.05) is 5.73 Å². The number of thiophene rings is 1. The molecule has 0 aliphatic rings. The molecule has 0 atom stereocenters. The van der Waals surface area contributed by atoms with E-state index in [1.807, 2.05) is 17.7 Å². The van der Waals surface area contributed by atoms with Crippen LogP contribution in [0.5, 0.6) is 0 Å². The van der Waals surface area contributed by atoms with E-state index >= 15 is 0 Å². The van der Waals surface area contributed by atoms with Crippen LogP contribution >= 0.6 is 11.3 Å². The lowest BCUT2D eigenvalue weighted by molar-refractivity contribution is 1.14. The fourth-order valence-corrected chi connectivity index (χ4v) is 2.27. The Kier molecular flexibility index (Phi) is 3.59. The second-order valence-corrected chi connectivity index (χ2v) is 4.70. The Balaban J connectivity index is 2.27. The number of anilines is 1. The van der Waals surface area contributed by atoms with Gasteiger partial charge in [-0.1, -0.05) is 31.2 Å². The van der Waals surface area contributed by atoms with E-state index in [4.69, 9.17) is 5.73 Å². The third kappa shape index (κ3) is 2.74. The van der Waals surface area contributed by atoms with Crippen molar-refractivity contribution in [2.24, 2.45) is 4.99 Å². The fraction of sp³-hybridized carbons (Fsp3) is 0.214. The first-order valence-corrected chi connectivity index (χ1v) is 6.61. The molecule has 0 bridgehead atoms. The highest BCUT2D eigenvalue weighted by Gasteiger charge is 2.01. The highest BCUT2D eigenvalue weighted by molar-refractivity contribution is 7.08. The smallest absolute Gasteiger partial charge is 0.0969 e. The summed E-state index contributed by atoms with van der Waals surface area (Å²) < 4.78 is 0. The van der Waals surface area contributed by atoms with Gasteiger partial charge in [0.05, 0.1) is 11.4 Å². The molecule has 88 valence electrons. The number of rotatable bonds is 3. The third-order valence-electron chi connectivity index (χ3n) is 2.74. The van der Waals surface area contributed by atoms with Crippen molar-refractivity contribution in [3.63, 3.8) is 0 Å². The van der Waals surface area contributed by atoms with Crippen molar-refractivity contribution in [1.29, 1.82) is 0 Å². The minimum Gasteiger partial charge on any atom is -0.396 e. The number of benzene rings is 1. The third-order valence-corrected chi connectivity index (χ3v) is 3.49. The highest BCUT2D eigenvalue weighted by Crippen LogP contribution is 2.26. The van der Waals surface area contributed by atoms with Crippen LogP contribution in [0.4, 0.5) is 11.4 Å². The zero-order chi connectivity index (χ0) is 12.3. The Morgan fingerprint density at radius 1 is 1.24 bits per heavy atom. The monoisotopic (exact) mass is 244 g/mol. The molecule has 1 aromatic carbocycles. The Hall–Kier alpha value is -1.61. The molecule has 0 unspecified atom stereocenters. The minimum absolute atomic E-state index is 0.750. The highest BCUT2D eigenvalue weighted by atomic mass is 32.1. The molecule has 0 saturated heterocycles. The summed E-state index contributed by atoms with van der Waals surface area (Å²) >= 11 is 1.58. The Labute approximate surface area is 106 Å². The number of nitrogens with two attached hydrogens (primary N) is 1. The van der Waals surface area contributed by atoms with E-state index in [2.05, 4.69) is 36.2 Å². The molecule has 0 fully saturated rings. The van der Waals surface area contributed by atoms with Gasteiger partial charge in [-0.3, -0.25) is 4.99 Å². The molecule has 3 heteroatoms. The van der Waals surface area contributed by atoms with E-state index in [9.17, 15) is 0 Å². The second-order valence-electron chi connectivity index (χ2n) is 3.96. The molecule has 2 aromatic rings. The van der Waals surface area contributed by atoms with Crippen LogP contribution in [0, 0.1) is 0 Å². The average molecular weight is 244 g/mol. The molecule has 0 aliphatic carbocycles. The first kappa shape index (κ1) is 11.9. The maximum absolute atomic E-state index is 5.82. The van der Waals surface area contributed by atoms with Gasteiger partial charge in [-0.2, -0.15) is 0 Å². The molecule has 0 radical (unpaired) electrons. The zero-order valence-electron chi connectivity index (χ0n) is 10.1. The van der Waals surface area contributed by atoms with Crippen molar-refractivity contribution in [1.82, 2.24) is 0 Å². The Morgan fingerprint density at radius 2 is 1.94 bits per heavy atom. The van der Waals surface area contributed by atoms with Gasteiger partial charge in [0.1, 0.15) is 0 Å². The lowest BCUT2D eigenvalue weighted by Gasteiger charge is -2.02. The van der Waals surface area contributed by atoms with Gasteiger partial charge in [-0.15, -0.1) is 11.3 Å². The van der Waals surface area contributed by atoms with Gasteiger partial charge in [0.25, 0.3) is 0 Å². The van der Waals surface area contributed by atoms with E-state index in [1.165, 1.54) is 5.56 Å². The normalized spacial score (nSPS) is 11.8. The zero-order valence-corrected chi connectivity index (χ0v) is 10.9. The summed E-state index contributed by atoms with van der Waals surface area (Å²) in [6.07, 6.45) is 1.06. The second kappa shape index (κ2) is 5.15. The maximum Gasteiger partial charge on any atom is 0.0969 e. The van der Waals surface area contributed by atoms with Crippen molar-refractivity contribution in [3.05, 3.63) is 46.2 Å². The number of aliphatic imine (C=N–C) groups is 1. The van der Waals surface area contributed by atoms with E-state index in [0.717, 1.165) is 29.1 Å². The number of nitrogens with zero attached hydrogens (tertiary/aromatic N) is 1. The van der Waals surface area contributed by atoms with Gasteiger partial charge in [0, 0.05) is 16.5 Å². The molecular weight excluding hydrogens is 228 g/mol. The summed E-state index contributed by atoms with van der Waals surface area (Å²) in [5, 5.41) is 3.88. The van der Waals surface area contributed by atoms with Gasteiger partial charge >= 0.3 is 0 Å². The Bertz CT molecular complexity index is 523. The molecule has 1 heterocycles. The van der Waals surface area contributed by atoms with Gasteiger partial charge in [-0.05, 0) is 24.5 Å². The van der Waals surface area contributed by atoms with Gasteiger partial charge in [0.2, 0.25) is 0 Å². The maximum atomic E-state index is 5.82. The van der Waals surface area contributed by atoms with Crippen LogP contribution in [0.25, 0.3) is 0 Å². The molecule has 0 amide bonds. The van der Waals surface area contributed by atoms with E-state index < -0.39 is 0 Å².